The van der Waals surface area contributed by atoms with Gasteiger partial charge in [-0.2, -0.15) is 10.4 Å². The number of thiophene rings is 1. The van der Waals surface area contributed by atoms with Gasteiger partial charge in [0, 0.05) is 17.3 Å². The van der Waals surface area contributed by atoms with Gasteiger partial charge in [0.1, 0.15) is 22.2 Å². The SMILES string of the molecule is Cc1cc(Oc2ncccc2C#N)ccc1NC(=O)c1cc2c(C)nn(-c3ccccc3)c2s1. The number of anilines is 1. The Balaban J connectivity index is 1.38. The first kappa shape index (κ1) is 21.4. The summed E-state index contributed by atoms with van der Waals surface area (Å²) in [5.74, 6) is 0.592. The molecule has 0 aliphatic heterocycles. The highest BCUT2D eigenvalue weighted by molar-refractivity contribution is 7.20. The van der Waals surface area contributed by atoms with E-state index in [9.17, 15) is 10.1 Å². The molecule has 1 amide bonds. The molecule has 0 saturated heterocycles. The first-order chi connectivity index (χ1) is 16.5. The van der Waals surface area contributed by atoms with Crippen LogP contribution in [0.25, 0.3) is 15.9 Å². The quantitative estimate of drug-likeness (QED) is 0.343. The minimum Gasteiger partial charge on any atom is -0.438 e. The second kappa shape index (κ2) is 8.81. The topological polar surface area (TPSA) is 92.8 Å². The smallest absolute Gasteiger partial charge is 0.265 e. The summed E-state index contributed by atoms with van der Waals surface area (Å²) in [5, 5.41) is 17.8. The number of rotatable bonds is 5. The third-order valence-electron chi connectivity index (χ3n) is 5.32. The number of carbonyl (C=O) groups is 1. The summed E-state index contributed by atoms with van der Waals surface area (Å²) in [6.07, 6.45) is 1.57. The van der Waals surface area contributed by atoms with Gasteiger partial charge < -0.3 is 10.1 Å². The number of nitrogens with one attached hydrogen (secondary N) is 1. The van der Waals surface area contributed by atoms with Crippen molar-refractivity contribution in [3.05, 3.63) is 94.6 Å². The standard InChI is InChI=1S/C26H19N5O2S/c1-16-13-20(33-25-18(15-27)7-6-12-28-25)10-11-22(16)29-24(32)23-14-21-17(2)30-31(26(21)34-23)19-8-4-3-5-9-19/h3-14H,1-2H3,(H,29,32). The lowest BCUT2D eigenvalue weighted by Crippen LogP contribution is -2.11. The number of nitriles is 1. The highest BCUT2D eigenvalue weighted by Crippen LogP contribution is 2.32. The number of fused-ring (bicyclic) bond motifs is 1. The lowest BCUT2D eigenvalue weighted by molar-refractivity contribution is 0.103. The van der Waals surface area contributed by atoms with E-state index in [1.807, 2.05) is 54.9 Å². The number of ether oxygens (including phenoxy) is 1. The van der Waals surface area contributed by atoms with Crippen LogP contribution in [0.1, 0.15) is 26.5 Å². The molecule has 2 aromatic carbocycles. The van der Waals surface area contributed by atoms with Crippen molar-refractivity contribution >= 4 is 33.1 Å². The van der Waals surface area contributed by atoms with Crippen LogP contribution in [0.2, 0.25) is 0 Å². The highest BCUT2D eigenvalue weighted by atomic mass is 32.1. The van der Waals surface area contributed by atoms with E-state index in [0.29, 0.717) is 21.9 Å². The fraction of sp³-hybridized carbons (Fsp3) is 0.0769. The van der Waals surface area contributed by atoms with Crippen molar-refractivity contribution in [1.29, 1.82) is 5.26 Å². The molecule has 0 bridgehead atoms. The molecule has 0 radical (unpaired) electrons. The Morgan fingerprint density at radius 1 is 1.09 bits per heavy atom. The van der Waals surface area contributed by atoms with Crippen molar-refractivity contribution in [3.63, 3.8) is 0 Å². The van der Waals surface area contributed by atoms with Crippen LogP contribution in [0.5, 0.6) is 11.6 Å². The molecular formula is C26H19N5O2S. The molecule has 0 unspecified atom stereocenters. The van der Waals surface area contributed by atoms with Crippen LogP contribution in [-0.2, 0) is 0 Å². The van der Waals surface area contributed by atoms with Crippen molar-refractivity contribution in [2.75, 3.05) is 5.32 Å². The Kier molecular flexibility index (Phi) is 5.54. The number of hydrogen-bond donors (Lipinski definition) is 1. The zero-order chi connectivity index (χ0) is 23.7. The van der Waals surface area contributed by atoms with Gasteiger partial charge in [0.2, 0.25) is 5.88 Å². The summed E-state index contributed by atoms with van der Waals surface area (Å²) < 4.78 is 7.64. The van der Waals surface area contributed by atoms with Gasteiger partial charge in [-0.3, -0.25) is 4.79 Å². The first-order valence-corrected chi connectivity index (χ1v) is 11.3. The van der Waals surface area contributed by atoms with Gasteiger partial charge in [0.05, 0.1) is 16.3 Å². The molecule has 34 heavy (non-hydrogen) atoms. The van der Waals surface area contributed by atoms with E-state index in [-0.39, 0.29) is 11.8 Å². The van der Waals surface area contributed by atoms with E-state index in [2.05, 4.69) is 21.5 Å². The number of amides is 1. The molecule has 8 heteroatoms. The Labute approximate surface area is 199 Å². The first-order valence-electron chi connectivity index (χ1n) is 10.5. The fourth-order valence-electron chi connectivity index (χ4n) is 3.60. The summed E-state index contributed by atoms with van der Waals surface area (Å²) >= 11 is 1.41. The molecule has 0 aliphatic carbocycles. The van der Waals surface area contributed by atoms with Crippen LogP contribution in [0, 0.1) is 25.2 Å². The summed E-state index contributed by atoms with van der Waals surface area (Å²) in [6.45, 7) is 3.83. The zero-order valence-corrected chi connectivity index (χ0v) is 19.3. The molecule has 5 aromatic rings. The van der Waals surface area contributed by atoms with E-state index in [4.69, 9.17) is 4.74 Å². The predicted molar refractivity (Wildman–Crippen MR) is 132 cm³/mol. The summed E-state index contributed by atoms with van der Waals surface area (Å²) in [5.41, 5.74) is 3.68. The number of aryl methyl sites for hydroxylation is 2. The third-order valence-corrected chi connectivity index (χ3v) is 6.43. The van der Waals surface area contributed by atoms with Gasteiger partial charge in [-0.05, 0) is 67.9 Å². The van der Waals surface area contributed by atoms with Gasteiger partial charge in [-0.1, -0.05) is 18.2 Å². The number of aromatic nitrogens is 3. The van der Waals surface area contributed by atoms with Gasteiger partial charge >= 0.3 is 0 Å². The molecule has 166 valence electrons. The Hall–Kier alpha value is -4.48. The van der Waals surface area contributed by atoms with E-state index < -0.39 is 0 Å². The van der Waals surface area contributed by atoms with Crippen molar-refractivity contribution in [3.8, 4) is 23.4 Å². The maximum atomic E-state index is 13.0. The van der Waals surface area contributed by atoms with Gasteiger partial charge in [-0.15, -0.1) is 11.3 Å². The predicted octanol–water partition coefficient (Wildman–Crippen LogP) is 6.02. The lowest BCUT2D eigenvalue weighted by atomic mass is 10.2. The minimum atomic E-state index is -0.187. The maximum absolute atomic E-state index is 13.0. The third kappa shape index (κ3) is 4.00. The number of carbonyl (C=O) groups excluding carboxylic acids is 1. The van der Waals surface area contributed by atoms with Crippen molar-refractivity contribution in [2.24, 2.45) is 0 Å². The maximum Gasteiger partial charge on any atom is 0.265 e. The Morgan fingerprint density at radius 2 is 1.91 bits per heavy atom. The monoisotopic (exact) mass is 465 g/mol. The van der Waals surface area contributed by atoms with Crippen LogP contribution < -0.4 is 10.1 Å². The molecule has 0 atom stereocenters. The normalized spacial score (nSPS) is 10.7. The number of benzene rings is 2. The van der Waals surface area contributed by atoms with E-state index >= 15 is 0 Å². The highest BCUT2D eigenvalue weighted by Gasteiger charge is 2.18. The summed E-state index contributed by atoms with van der Waals surface area (Å²) in [7, 11) is 0. The molecule has 0 aliphatic rings. The van der Waals surface area contributed by atoms with Gasteiger partial charge in [0.25, 0.3) is 5.91 Å². The average molecular weight is 466 g/mol. The number of nitrogens with zero attached hydrogens (tertiary/aromatic N) is 4. The van der Waals surface area contributed by atoms with Crippen molar-refractivity contribution in [1.82, 2.24) is 14.8 Å². The van der Waals surface area contributed by atoms with Crippen LogP contribution in [0.15, 0.2) is 72.9 Å². The second-order valence-corrected chi connectivity index (χ2v) is 8.69. The molecule has 3 heterocycles. The fourth-order valence-corrected chi connectivity index (χ4v) is 4.67. The van der Waals surface area contributed by atoms with Crippen LogP contribution in [-0.4, -0.2) is 20.7 Å². The Morgan fingerprint density at radius 3 is 2.68 bits per heavy atom. The van der Waals surface area contributed by atoms with Crippen LogP contribution in [0.3, 0.4) is 0 Å². The molecule has 0 saturated carbocycles. The lowest BCUT2D eigenvalue weighted by Gasteiger charge is -2.11. The van der Waals surface area contributed by atoms with Gasteiger partial charge in [-0.25, -0.2) is 9.67 Å². The van der Waals surface area contributed by atoms with Crippen LogP contribution in [0.4, 0.5) is 5.69 Å². The van der Waals surface area contributed by atoms with E-state index in [1.165, 1.54) is 11.3 Å². The average Bonchev–Trinajstić information content (AvgIpc) is 3.42. The Bertz CT molecular complexity index is 1560. The number of para-hydroxylation sites is 1. The van der Waals surface area contributed by atoms with Crippen molar-refractivity contribution in [2.45, 2.75) is 13.8 Å². The van der Waals surface area contributed by atoms with Gasteiger partial charge in [0.15, 0.2) is 0 Å². The molecule has 0 spiro atoms. The van der Waals surface area contributed by atoms with Crippen molar-refractivity contribution < 1.29 is 9.53 Å². The molecule has 5 rings (SSSR count). The molecule has 7 nitrogen and oxygen atoms in total. The molecular weight excluding hydrogens is 446 g/mol. The van der Waals surface area contributed by atoms with Crippen LogP contribution >= 0.6 is 11.3 Å². The molecule has 3 aromatic heterocycles. The summed E-state index contributed by atoms with van der Waals surface area (Å²) in [4.78, 5) is 18.7. The summed E-state index contributed by atoms with van der Waals surface area (Å²) in [6, 6.07) is 22.5. The minimum absolute atomic E-state index is 0.187. The largest absolute Gasteiger partial charge is 0.438 e. The van der Waals surface area contributed by atoms with E-state index in [0.717, 1.165) is 27.2 Å². The molecule has 0 fully saturated rings. The molecule has 1 N–H and O–H groups in total. The number of pyridine rings is 1. The zero-order valence-electron chi connectivity index (χ0n) is 18.4. The van der Waals surface area contributed by atoms with E-state index in [1.54, 1.807) is 36.5 Å². The number of hydrogen-bond acceptors (Lipinski definition) is 6. The second-order valence-electron chi connectivity index (χ2n) is 7.66.